The molecule has 0 aromatic heterocycles. The Kier molecular flexibility index (Phi) is 2.62. The standard InChI is InChI=1S/C12H18O2/c1-3-14-12(13)8(2)11-7-9-4-5-10(11)6-9/h9-10H,3-7H2,1-2H3. The van der Waals surface area contributed by atoms with Gasteiger partial charge in [0.25, 0.3) is 0 Å². The van der Waals surface area contributed by atoms with E-state index >= 15 is 0 Å². The molecule has 0 saturated heterocycles. The summed E-state index contributed by atoms with van der Waals surface area (Å²) in [5.41, 5.74) is 2.28. The van der Waals surface area contributed by atoms with Gasteiger partial charge < -0.3 is 4.74 Å². The van der Waals surface area contributed by atoms with E-state index in [-0.39, 0.29) is 5.97 Å². The molecule has 0 heterocycles. The van der Waals surface area contributed by atoms with Gasteiger partial charge in [0.1, 0.15) is 0 Å². The van der Waals surface area contributed by atoms with Gasteiger partial charge in [-0.05, 0) is 51.4 Å². The van der Waals surface area contributed by atoms with Crippen molar-refractivity contribution in [1.82, 2.24) is 0 Å². The molecule has 14 heavy (non-hydrogen) atoms. The summed E-state index contributed by atoms with van der Waals surface area (Å²) in [6.45, 7) is 4.27. The maximum Gasteiger partial charge on any atom is 0.333 e. The van der Waals surface area contributed by atoms with Gasteiger partial charge in [0.2, 0.25) is 0 Å². The van der Waals surface area contributed by atoms with E-state index in [0.29, 0.717) is 12.5 Å². The Morgan fingerprint density at radius 1 is 1.50 bits per heavy atom. The number of hydrogen-bond acceptors (Lipinski definition) is 2. The van der Waals surface area contributed by atoms with Crippen LogP contribution >= 0.6 is 0 Å². The normalized spacial score (nSPS) is 33.3. The third-order valence-electron chi connectivity index (χ3n) is 3.61. The lowest BCUT2D eigenvalue weighted by atomic mass is 9.91. The summed E-state index contributed by atoms with van der Waals surface area (Å²) in [7, 11) is 0. The largest absolute Gasteiger partial charge is 0.463 e. The lowest BCUT2D eigenvalue weighted by Crippen LogP contribution is -2.11. The average Bonchev–Trinajstić information content (AvgIpc) is 2.77. The molecule has 2 rings (SSSR count). The summed E-state index contributed by atoms with van der Waals surface area (Å²) >= 11 is 0. The number of hydrogen-bond donors (Lipinski definition) is 0. The predicted molar refractivity (Wildman–Crippen MR) is 54.8 cm³/mol. The topological polar surface area (TPSA) is 26.3 Å². The van der Waals surface area contributed by atoms with Crippen molar-refractivity contribution in [3.8, 4) is 0 Å². The van der Waals surface area contributed by atoms with Crippen molar-refractivity contribution in [1.29, 1.82) is 0 Å². The van der Waals surface area contributed by atoms with Gasteiger partial charge in [-0.1, -0.05) is 5.57 Å². The summed E-state index contributed by atoms with van der Waals surface area (Å²) in [4.78, 5) is 11.5. The highest BCUT2D eigenvalue weighted by Crippen LogP contribution is 2.49. The van der Waals surface area contributed by atoms with Crippen molar-refractivity contribution in [2.24, 2.45) is 11.8 Å². The van der Waals surface area contributed by atoms with Gasteiger partial charge in [-0.2, -0.15) is 0 Å². The zero-order valence-electron chi connectivity index (χ0n) is 9.01. The van der Waals surface area contributed by atoms with Crippen LogP contribution in [0.3, 0.4) is 0 Å². The first kappa shape index (κ1) is 9.75. The van der Waals surface area contributed by atoms with Crippen LogP contribution in [0.5, 0.6) is 0 Å². The molecule has 0 aromatic carbocycles. The van der Waals surface area contributed by atoms with Crippen LogP contribution in [-0.2, 0) is 9.53 Å². The highest BCUT2D eigenvalue weighted by atomic mass is 16.5. The van der Waals surface area contributed by atoms with Crippen LogP contribution in [0.1, 0.15) is 39.5 Å². The van der Waals surface area contributed by atoms with Crippen LogP contribution < -0.4 is 0 Å². The number of esters is 1. The van der Waals surface area contributed by atoms with Crippen molar-refractivity contribution in [3.05, 3.63) is 11.1 Å². The van der Waals surface area contributed by atoms with Crippen LogP contribution in [0.25, 0.3) is 0 Å². The second-order valence-corrected chi connectivity index (χ2v) is 4.45. The minimum Gasteiger partial charge on any atom is -0.463 e. The van der Waals surface area contributed by atoms with Crippen molar-refractivity contribution < 1.29 is 9.53 Å². The molecule has 0 N–H and O–H groups in total. The Balaban J connectivity index is 2.11. The molecular formula is C12H18O2. The zero-order chi connectivity index (χ0) is 10.1. The third kappa shape index (κ3) is 1.58. The fraction of sp³-hybridized carbons (Fsp3) is 0.750. The maximum atomic E-state index is 11.5. The molecule has 2 nitrogen and oxygen atoms in total. The molecule has 2 bridgehead atoms. The van der Waals surface area contributed by atoms with Gasteiger partial charge in [0, 0.05) is 5.57 Å². The van der Waals surface area contributed by atoms with E-state index in [9.17, 15) is 4.79 Å². The van der Waals surface area contributed by atoms with Gasteiger partial charge in [0.05, 0.1) is 6.61 Å². The van der Waals surface area contributed by atoms with E-state index in [0.717, 1.165) is 17.9 Å². The lowest BCUT2D eigenvalue weighted by molar-refractivity contribution is -0.138. The monoisotopic (exact) mass is 194 g/mol. The number of rotatable bonds is 2. The molecule has 0 spiro atoms. The van der Waals surface area contributed by atoms with Crippen LogP contribution in [0.2, 0.25) is 0 Å². The molecule has 2 heteroatoms. The van der Waals surface area contributed by atoms with E-state index in [1.54, 1.807) is 0 Å². The SMILES string of the molecule is CCOC(=O)C(C)=C1CC2CCC1C2. The molecule has 2 atom stereocenters. The molecule has 2 aliphatic carbocycles. The molecule has 2 saturated carbocycles. The first-order chi connectivity index (χ1) is 6.72. The highest BCUT2D eigenvalue weighted by molar-refractivity contribution is 5.88. The van der Waals surface area contributed by atoms with Crippen LogP contribution in [0.4, 0.5) is 0 Å². The molecule has 78 valence electrons. The lowest BCUT2D eigenvalue weighted by Gasteiger charge is -2.15. The van der Waals surface area contributed by atoms with E-state index in [4.69, 9.17) is 4.74 Å². The van der Waals surface area contributed by atoms with Crippen LogP contribution in [0, 0.1) is 11.8 Å². The summed E-state index contributed by atoms with van der Waals surface area (Å²) in [5, 5.41) is 0. The van der Waals surface area contributed by atoms with Gasteiger partial charge >= 0.3 is 5.97 Å². The van der Waals surface area contributed by atoms with Gasteiger partial charge in [-0.3, -0.25) is 0 Å². The van der Waals surface area contributed by atoms with Crippen molar-refractivity contribution in [2.45, 2.75) is 39.5 Å². The zero-order valence-corrected chi connectivity index (χ0v) is 9.01. The van der Waals surface area contributed by atoms with E-state index in [2.05, 4.69) is 0 Å². The van der Waals surface area contributed by atoms with Crippen molar-refractivity contribution in [3.63, 3.8) is 0 Å². The molecule has 0 radical (unpaired) electrons. The summed E-state index contributed by atoms with van der Waals surface area (Å²) in [5.74, 6) is 1.46. The summed E-state index contributed by atoms with van der Waals surface area (Å²) < 4.78 is 5.03. The second kappa shape index (κ2) is 3.76. The molecule has 2 unspecified atom stereocenters. The minimum absolute atomic E-state index is 0.102. The molecule has 2 aliphatic rings. The van der Waals surface area contributed by atoms with Crippen molar-refractivity contribution >= 4 is 5.97 Å². The first-order valence-electron chi connectivity index (χ1n) is 5.59. The second-order valence-electron chi connectivity index (χ2n) is 4.45. The Morgan fingerprint density at radius 3 is 2.79 bits per heavy atom. The summed E-state index contributed by atoms with van der Waals surface area (Å²) in [6.07, 6.45) is 5.11. The van der Waals surface area contributed by atoms with Crippen LogP contribution in [0.15, 0.2) is 11.1 Å². The smallest absolute Gasteiger partial charge is 0.333 e. The molecule has 0 aliphatic heterocycles. The number of allylic oxidation sites excluding steroid dienone is 1. The Hall–Kier alpha value is -0.790. The van der Waals surface area contributed by atoms with Crippen LogP contribution in [-0.4, -0.2) is 12.6 Å². The number of carbonyl (C=O) groups is 1. The maximum absolute atomic E-state index is 11.5. The number of fused-ring (bicyclic) bond motifs is 2. The third-order valence-corrected chi connectivity index (χ3v) is 3.61. The van der Waals surface area contributed by atoms with Crippen molar-refractivity contribution in [2.75, 3.05) is 6.61 Å². The van der Waals surface area contributed by atoms with Gasteiger partial charge in [0.15, 0.2) is 0 Å². The Labute approximate surface area is 85.3 Å². The highest BCUT2D eigenvalue weighted by Gasteiger charge is 2.37. The quantitative estimate of drug-likeness (QED) is 0.499. The number of ether oxygens (including phenoxy) is 1. The fourth-order valence-electron chi connectivity index (χ4n) is 2.88. The fourth-order valence-corrected chi connectivity index (χ4v) is 2.88. The van der Waals surface area contributed by atoms with E-state index in [1.807, 2.05) is 13.8 Å². The van der Waals surface area contributed by atoms with Gasteiger partial charge in [-0.25, -0.2) is 4.79 Å². The molecule has 2 fully saturated rings. The predicted octanol–water partition coefficient (Wildman–Crippen LogP) is 2.69. The number of carbonyl (C=O) groups excluding carboxylic acids is 1. The Bertz CT molecular complexity index is 278. The molecule has 0 amide bonds. The molecule has 0 aromatic rings. The summed E-state index contributed by atoms with van der Waals surface area (Å²) in [6, 6.07) is 0. The Morgan fingerprint density at radius 2 is 2.29 bits per heavy atom. The molecular weight excluding hydrogens is 176 g/mol. The van der Waals surface area contributed by atoms with Gasteiger partial charge in [-0.15, -0.1) is 0 Å². The minimum atomic E-state index is -0.102. The average molecular weight is 194 g/mol. The first-order valence-corrected chi connectivity index (χ1v) is 5.59. The van der Waals surface area contributed by atoms with E-state index < -0.39 is 0 Å². The van der Waals surface area contributed by atoms with E-state index in [1.165, 1.54) is 24.8 Å².